The van der Waals surface area contributed by atoms with Gasteiger partial charge in [0, 0.05) is 13.0 Å². The second-order valence-corrected chi connectivity index (χ2v) is 5.97. The number of carboxylic acid groups (broad SMARTS) is 1. The van der Waals surface area contributed by atoms with Crippen molar-refractivity contribution >= 4 is 18.0 Å². The normalized spacial score (nSPS) is 12.5. The van der Waals surface area contributed by atoms with E-state index < -0.39 is 30.1 Å². The molecule has 0 aliphatic heterocycles. The highest BCUT2D eigenvalue weighted by atomic mass is 16.6. The van der Waals surface area contributed by atoms with Gasteiger partial charge < -0.3 is 25.0 Å². The van der Waals surface area contributed by atoms with Gasteiger partial charge >= 0.3 is 18.0 Å². The van der Waals surface area contributed by atoms with E-state index in [-0.39, 0.29) is 19.8 Å². The summed E-state index contributed by atoms with van der Waals surface area (Å²) in [5.41, 5.74) is -1.35. The van der Waals surface area contributed by atoms with Gasteiger partial charge in [-0.2, -0.15) is 0 Å². The number of hydrogen-bond acceptors (Lipinski definition) is 6. The highest BCUT2D eigenvalue weighted by Crippen LogP contribution is 2.14. The standard InChI is InChI=1S/C20H21NO7/c22-17(23)20(26,18(24)27-13-15-7-3-1-4-8-15)11-12-21-19(25)28-14-16-9-5-2-6-10-16/h1-10,26H,11-14H2,(H,21,25)(H,22,23). The van der Waals surface area contributed by atoms with Crippen LogP contribution < -0.4 is 5.32 Å². The first kappa shape index (κ1) is 20.9. The van der Waals surface area contributed by atoms with Crippen LogP contribution >= 0.6 is 0 Å². The number of carbonyl (C=O) groups excluding carboxylic acids is 2. The number of amides is 1. The number of carbonyl (C=O) groups is 3. The molecule has 3 N–H and O–H groups in total. The Kier molecular flexibility index (Phi) is 7.53. The Morgan fingerprint density at radius 1 is 0.857 bits per heavy atom. The Bertz CT molecular complexity index is 795. The van der Waals surface area contributed by atoms with Crippen LogP contribution in [0.1, 0.15) is 17.5 Å². The maximum atomic E-state index is 12.1. The Balaban J connectivity index is 1.81. The summed E-state index contributed by atoms with van der Waals surface area (Å²) in [6.07, 6.45) is -1.37. The molecule has 0 radical (unpaired) electrons. The predicted molar refractivity (Wildman–Crippen MR) is 98.1 cm³/mol. The van der Waals surface area contributed by atoms with E-state index in [0.29, 0.717) is 5.56 Å². The van der Waals surface area contributed by atoms with E-state index in [1.165, 1.54) is 0 Å². The third kappa shape index (κ3) is 6.10. The molecule has 1 atom stereocenters. The highest BCUT2D eigenvalue weighted by Gasteiger charge is 2.45. The van der Waals surface area contributed by atoms with Crippen molar-refractivity contribution in [1.82, 2.24) is 5.32 Å². The van der Waals surface area contributed by atoms with Crippen molar-refractivity contribution < 1.29 is 34.1 Å². The summed E-state index contributed by atoms with van der Waals surface area (Å²) in [6, 6.07) is 17.6. The minimum atomic E-state index is -2.78. The van der Waals surface area contributed by atoms with Gasteiger partial charge in [-0.3, -0.25) is 0 Å². The molecule has 0 spiro atoms. The highest BCUT2D eigenvalue weighted by molar-refractivity contribution is 6.02. The largest absolute Gasteiger partial charge is 0.479 e. The van der Waals surface area contributed by atoms with Crippen LogP contribution in [0, 0.1) is 0 Å². The molecule has 2 aromatic rings. The quantitative estimate of drug-likeness (QED) is 0.443. The topological polar surface area (TPSA) is 122 Å². The van der Waals surface area contributed by atoms with Crippen LogP contribution in [0.5, 0.6) is 0 Å². The summed E-state index contributed by atoms with van der Waals surface area (Å²) in [7, 11) is 0. The van der Waals surface area contributed by atoms with E-state index in [1.807, 2.05) is 6.07 Å². The lowest BCUT2D eigenvalue weighted by Crippen LogP contribution is -2.49. The summed E-state index contributed by atoms with van der Waals surface area (Å²) in [6.45, 7) is -0.437. The van der Waals surface area contributed by atoms with Crippen LogP contribution in [0.15, 0.2) is 60.7 Å². The molecule has 0 fully saturated rings. The van der Waals surface area contributed by atoms with Gasteiger partial charge in [-0.25, -0.2) is 14.4 Å². The Hall–Kier alpha value is -3.39. The summed E-state index contributed by atoms with van der Waals surface area (Å²) >= 11 is 0. The van der Waals surface area contributed by atoms with E-state index in [1.54, 1.807) is 54.6 Å². The molecule has 28 heavy (non-hydrogen) atoms. The second kappa shape index (κ2) is 10.1. The first-order valence-electron chi connectivity index (χ1n) is 8.53. The van der Waals surface area contributed by atoms with Crippen molar-refractivity contribution in [3.8, 4) is 0 Å². The third-order valence-corrected chi connectivity index (χ3v) is 3.87. The summed E-state index contributed by atoms with van der Waals surface area (Å²) < 4.78 is 9.88. The number of rotatable bonds is 9. The Morgan fingerprint density at radius 2 is 1.36 bits per heavy atom. The number of aliphatic carboxylic acids is 1. The number of esters is 1. The van der Waals surface area contributed by atoms with Gasteiger partial charge in [-0.05, 0) is 11.1 Å². The van der Waals surface area contributed by atoms with Crippen LogP contribution in [0.4, 0.5) is 4.79 Å². The zero-order valence-corrected chi connectivity index (χ0v) is 15.0. The lowest BCUT2D eigenvalue weighted by Gasteiger charge is -2.21. The molecule has 0 aliphatic rings. The first-order valence-corrected chi connectivity index (χ1v) is 8.53. The number of carboxylic acids is 1. The van der Waals surface area contributed by atoms with Crippen LogP contribution in [-0.4, -0.2) is 40.4 Å². The molecule has 8 nitrogen and oxygen atoms in total. The average Bonchev–Trinajstić information content (AvgIpc) is 2.71. The number of ether oxygens (including phenoxy) is 2. The molecule has 0 aromatic heterocycles. The number of alkyl carbamates (subject to hydrolysis) is 1. The molecule has 2 aromatic carbocycles. The molecular formula is C20H21NO7. The molecule has 1 unspecified atom stereocenters. The molecule has 0 heterocycles. The van der Waals surface area contributed by atoms with Gasteiger partial charge in [-0.15, -0.1) is 0 Å². The molecule has 8 heteroatoms. The van der Waals surface area contributed by atoms with Crippen molar-refractivity contribution in [1.29, 1.82) is 0 Å². The van der Waals surface area contributed by atoms with Gasteiger partial charge in [0.25, 0.3) is 5.60 Å². The van der Waals surface area contributed by atoms with Gasteiger partial charge in [0.15, 0.2) is 0 Å². The third-order valence-electron chi connectivity index (χ3n) is 3.87. The first-order chi connectivity index (χ1) is 13.4. The molecule has 148 valence electrons. The number of aliphatic hydroxyl groups is 1. The second-order valence-electron chi connectivity index (χ2n) is 5.97. The zero-order chi connectivity index (χ0) is 20.4. The van der Waals surface area contributed by atoms with E-state index in [9.17, 15) is 24.6 Å². The molecule has 0 aliphatic carbocycles. The SMILES string of the molecule is O=C(NCCC(O)(C(=O)O)C(=O)OCc1ccccc1)OCc1ccccc1. The Labute approximate surface area is 161 Å². The molecule has 0 saturated heterocycles. The maximum absolute atomic E-state index is 12.1. The average molecular weight is 387 g/mol. The van der Waals surface area contributed by atoms with E-state index >= 15 is 0 Å². The van der Waals surface area contributed by atoms with E-state index in [4.69, 9.17) is 9.47 Å². The summed E-state index contributed by atoms with van der Waals surface area (Å²) in [4.78, 5) is 35.1. The molecular weight excluding hydrogens is 366 g/mol. The van der Waals surface area contributed by atoms with Crippen LogP contribution in [0.2, 0.25) is 0 Å². The fourth-order valence-corrected chi connectivity index (χ4v) is 2.26. The van der Waals surface area contributed by atoms with Crippen molar-refractivity contribution in [2.75, 3.05) is 6.54 Å². The van der Waals surface area contributed by atoms with Crippen molar-refractivity contribution in [3.63, 3.8) is 0 Å². The van der Waals surface area contributed by atoms with Crippen LogP contribution in [0.3, 0.4) is 0 Å². The Morgan fingerprint density at radius 3 is 1.86 bits per heavy atom. The van der Waals surface area contributed by atoms with Crippen LogP contribution in [0.25, 0.3) is 0 Å². The fraction of sp³-hybridized carbons (Fsp3) is 0.250. The number of benzene rings is 2. The minimum absolute atomic E-state index is 0.0367. The lowest BCUT2D eigenvalue weighted by atomic mass is 10.0. The van der Waals surface area contributed by atoms with Crippen molar-refractivity contribution in [2.24, 2.45) is 0 Å². The summed E-state index contributed by atoms with van der Waals surface area (Å²) in [5.74, 6) is -3.06. The van der Waals surface area contributed by atoms with Gasteiger partial charge in [0.05, 0.1) is 0 Å². The molecule has 2 rings (SSSR count). The predicted octanol–water partition coefficient (Wildman–Crippen LogP) is 1.86. The van der Waals surface area contributed by atoms with Gasteiger partial charge in [-0.1, -0.05) is 60.7 Å². The lowest BCUT2D eigenvalue weighted by molar-refractivity contribution is -0.181. The number of hydrogen-bond donors (Lipinski definition) is 3. The monoisotopic (exact) mass is 387 g/mol. The summed E-state index contributed by atoms with van der Waals surface area (Å²) in [5, 5.41) is 21.7. The zero-order valence-electron chi connectivity index (χ0n) is 15.0. The molecule has 0 bridgehead atoms. The van der Waals surface area contributed by atoms with Crippen LogP contribution in [-0.2, 0) is 32.3 Å². The van der Waals surface area contributed by atoms with Gasteiger partial charge in [0.2, 0.25) is 0 Å². The molecule has 0 saturated carbocycles. The van der Waals surface area contributed by atoms with E-state index in [0.717, 1.165) is 5.56 Å². The van der Waals surface area contributed by atoms with E-state index in [2.05, 4.69) is 5.32 Å². The van der Waals surface area contributed by atoms with Crippen molar-refractivity contribution in [3.05, 3.63) is 71.8 Å². The maximum Gasteiger partial charge on any atom is 0.407 e. The minimum Gasteiger partial charge on any atom is -0.479 e. The fourth-order valence-electron chi connectivity index (χ4n) is 2.26. The number of nitrogens with one attached hydrogen (secondary N) is 1. The molecule has 1 amide bonds. The van der Waals surface area contributed by atoms with Gasteiger partial charge in [0.1, 0.15) is 13.2 Å². The van der Waals surface area contributed by atoms with Crippen molar-refractivity contribution in [2.45, 2.75) is 25.2 Å². The smallest absolute Gasteiger partial charge is 0.407 e.